The summed E-state index contributed by atoms with van der Waals surface area (Å²) in [5.41, 5.74) is 16.5. The van der Waals surface area contributed by atoms with Crippen molar-refractivity contribution in [3.05, 3.63) is 129 Å². The van der Waals surface area contributed by atoms with E-state index < -0.39 is 22.5 Å². The molecule has 0 spiro atoms. The Morgan fingerprint density at radius 3 is 1.22 bits per heavy atom. The van der Waals surface area contributed by atoms with Gasteiger partial charge in [-0.1, -0.05) is 0 Å². The molecule has 0 aromatic heterocycles. The second-order valence-electron chi connectivity index (χ2n) is 17.5. The first-order chi connectivity index (χ1) is 23.5. The normalized spacial score (nSPS) is 18.4. The molecule has 0 N–H and O–H groups in total. The Kier molecular flexibility index (Phi) is 10.5. The van der Waals surface area contributed by atoms with Crippen LogP contribution in [0.5, 0.6) is 0 Å². The van der Waals surface area contributed by atoms with Gasteiger partial charge < -0.3 is 0 Å². The molecule has 0 heterocycles. The second kappa shape index (κ2) is 13.9. The molecule has 0 amide bonds. The Labute approximate surface area is 314 Å². The summed E-state index contributed by atoms with van der Waals surface area (Å²) in [5, 5.41) is 0. The van der Waals surface area contributed by atoms with Crippen molar-refractivity contribution in [1.82, 2.24) is 0 Å². The van der Waals surface area contributed by atoms with Crippen LogP contribution in [0, 0.1) is 0 Å². The monoisotopic (exact) mass is 801 g/mol. The summed E-state index contributed by atoms with van der Waals surface area (Å²) in [6, 6.07) is 32.4. The van der Waals surface area contributed by atoms with E-state index >= 15 is 0 Å². The van der Waals surface area contributed by atoms with Gasteiger partial charge in [-0.3, -0.25) is 0 Å². The summed E-state index contributed by atoms with van der Waals surface area (Å²) in [5.74, 6) is 5.02. The van der Waals surface area contributed by atoms with Crippen LogP contribution in [0.4, 0.5) is 0 Å². The van der Waals surface area contributed by atoms with Gasteiger partial charge in [0.15, 0.2) is 0 Å². The predicted molar refractivity (Wildman–Crippen MR) is 223 cm³/mol. The van der Waals surface area contributed by atoms with Crippen molar-refractivity contribution in [1.29, 1.82) is 0 Å². The van der Waals surface area contributed by atoms with Gasteiger partial charge in [0, 0.05) is 0 Å². The van der Waals surface area contributed by atoms with E-state index in [1.807, 2.05) is 0 Å². The number of rotatable bonds is 9. The van der Waals surface area contributed by atoms with Crippen LogP contribution >= 0.6 is 18.6 Å². The van der Waals surface area contributed by atoms with Crippen LogP contribution in [0.25, 0.3) is 34.4 Å². The first-order valence-electron chi connectivity index (χ1n) is 19.0. The van der Waals surface area contributed by atoms with Crippen molar-refractivity contribution in [2.24, 2.45) is 0 Å². The Morgan fingerprint density at radius 1 is 0.560 bits per heavy atom. The fourth-order valence-electron chi connectivity index (χ4n) is 8.88. The van der Waals surface area contributed by atoms with Crippen molar-refractivity contribution in [3.8, 4) is 22.3 Å². The molecule has 6 rings (SSSR count). The number of fused-ring (bicyclic) bond motifs is 2. The molecule has 0 fully saturated rings. The summed E-state index contributed by atoms with van der Waals surface area (Å²) in [7, 11) is 13.0. The van der Waals surface area contributed by atoms with E-state index in [1.165, 1.54) is 66.8 Å². The van der Waals surface area contributed by atoms with Gasteiger partial charge in [-0.15, -0.1) is 0 Å². The molecule has 0 nitrogen and oxygen atoms in total. The number of hydrogen-bond acceptors (Lipinski definition) is 0. The zero-order chi connectivity index (χ0) is 36.2. The van der Waals surface area contributed by atoms with Gasteiger partial charge in [0.1, 0.15) is 0 Å². The van der Waals surface area contributed by atoms with E-state index in [0.29, 0.717) is 0 Å². The van der Waals surface area contributed by atoms with Gasteiger partial charge in [0.05, 0.1) is 0 Å². The van der Waals surface area contributed by atoms with Crippen LogP contribution in [0.15, 0.2) is 96.1 Å². The first kappa shape index (κ1) is 37.9. The topological polar surface area (TPSA) is 0 Å². The van der Waals surface area contributed by atoms with Crippen molar-refractivity contribution < 1.29 is 10.9 Å². The van der Waals surface area contributed by atoms with E-state index in [4.69, 9.17) is 18.6 Å². The van der Waals surface area contributed by atoms with Crippen LogP contribution in [-0.4, -0.2) is 11.5 Å². The zero-order valence-corrected chi connectivity index (χ0v) is 37.6. The predicted octanol–water partition coefficient (Wildman–Crippen LogP) is 14.8. The van der Waals surface area contributed by atoms with Crippen LogP contribution < -0.4 is 0 Å². The van der Waals surface area contributed by atoms with Crippen molar-refractivity contribution in [3.63, 3.8) is 0 Å². The van der Waals surface area contributed by atoms with Crippen LogP contribution in [0.2, 0.25) is 11.5 Å². The molecular formula is C46H57Cl2GeTi. The van der Waals surface area contributed by atoms with Crippen molar-refractivity contribution in [2.45, 2.75) is 112 Å². The number of hydrogen-bond donors (Lipinski definition) is 0. The molecule has 50 heavy (non-hydrogen) atoms. The Hall–Kier alpha value is -1.80. The SMILES string of the molecule is CCCC1=Cc2c(-c3ccc(C(C)(C)C)cc3)cccc2[CH]1[Ti]([Cl])([Cl])([CH]1C(CCC)=Cc2c(-c3ccc(C(C)(C)C)cc3)cccc21)[GeH]([CH3])[CH3]. The average molecular weight is 801 g/mol. The molecule has 4 aromatic carbocycles. The maximum absolute atomic E-state index is 8.76. The quantitative estimate of drug-likeness (QED) is 0.148. The minimum atomic E-state index is -4.51. The van der Waals surface area contributed by atoms with Gasteiger partial charge in [-0.25, -0.2) is 0 Å². The van der Waals surface area contributed by atoms with Crippen LogP contribution in [0.1, 0.15) is 123 Å². The van der Waals surface area contributed by atoms with Gasteiger partial charge in [-0.05, 0) is 0 Å². The molecule has 2 unspecified atom stereocenters. The summed E-state index contributed by atoms with van der Waals surface area (Å²) in [6.45, 7) is 18.3. The molecule has 0 bridgehead atoms. The standard InChI is InChI=1S/2C22H25.C2H7Ge.2ClH.Ti/c2*1-5-7-16-14-18-8-6-9-20(21(18)15-16)17-10-12-19(13-11-17)22(2,3)4;1-3-2;;;/h2*6,8-15H,5,7H2,1-4H3;3H,1-2H3;2*1H;/q;;;;;+2/p-2. The van der Waals surface area contributed by atoms with Crippen LogP contribution in [-0.2, 0) is 21.8 Å². The van der Waals surface area contributed by atoms with E-state index in [-0.39, 0.29) is 19.3 Å². The van der Waals surface area contributed by atoms with Gasteiger partial charge in [-0.2, -0.15) is 0 Å². The van der Waals surface area contributed by atoms with E-state index in [2.05, 4.69) is 164 Å². The first-order valence-corrected chi connectivity index (χ1v) is 35.8. The number of benzene rings is 4. The molecule has 4 heteroatoms. The minimum absolute atomic E-state index is 0.116. The molecule has 263 valence electrons. The molecule has 4 aromatic rings. The van der Waals surface area contributed by atoms with E-state index in [9.17, 15) is 0 Å². The van der Waals surface area contributed by atoms with Gasteiger partial charge >= 0.3 is 317 Å². The maximum atomic E-state index is 8.76. The summed E-state index contributed by atoms with van der Waals surface area (Å²) in [4.78, 5) is 0. The molecular weight excluding hydrogens is 744 g/mol. The zero-order valence-electron chi connectivity index (χ0n) is 32.1. The molecule has 2 aliphatic rings. The summed E-state index contributed by atoms with van der Waals surface area (Å²) < 4.78 is 0.232. The fraction of sp³-hybridized carbons (Fsp3) is 0.391. The van der Waals surface area contributed by atoms with Crippen LogP contribution in [0.3, 0.4) is 0 Å². The van der Waals surface area contributed by atoms with Gasteiger partial charge in [0.2, 0.25) is 0 Å². The molecule has 0 radical (unpaired) electrons. The van der Waals surface area contributed by atoms with Crippen molar-refractivity contribution >= 4 is 42.3 Å². The Morgan fingerprint density at radius 2 is 0.920 bits per heavy atom. The van der Waals surface area contributed by atoms with Gasteiger partial charge in [0.25, 0.3) is 0 Å². The summed E-state index contributed by atoms with van der Waals surface area (Å²) in [6.07, 6.45) is 9.26. The average Bonchev–Trinajstić information content (AvgIpc) is 3.63. The molecule has 0 saturated carbocycles. The molecule has 0 saturated heterocycles. The third-order valence-corrected chi connectivity index (χ3v) is 67.9. The van der Waals surface area contributed by atoms with E-state index in [1.54, 1.807) is 0 Å². The second-order valence-corrected chi connectivity index (χ2v) is 62.2. The number of halogens is 2. The Bertz CT molecular complexity index is 1810. The molecule has 2 atom stereocenters. The van der Waals surface area contributed by atoms with Crippen molar-refractivity contribution in [2.75, 3.05) is 0 Å². The molecule has 2 aliphatic carbocycles. The summed E-state index contributed by atoms with van der Waals surface area (Å²) >= 11 is -2.29. The Balaban J connectivity index is 1.54. The van der Waals surface area contributed by atoms with E-state index in [0.717, 1.165) is 25.7 Å². The third-order valence-electron chi connectivity index (χ3n) is 11.7. The molecule has 0 aliphatic heterocycles. The number of allylic oxidation sites excluding steroid dienone is 2. The fourth-order valence-corrected chi connectivity index (χ4v) is 39.6. The third kappa shape index (κ3) is 6.53.